The molecule has 3 atom stereocenters. The number of benzene rings is 2. The maximum absolute atomic E-state index is 13.5. The maximum Gasteiger partial charge on any atom is 0.323 e. The minimum absolute atomic E-state index is 0.131. The van der Waals surface area contributed by atoms with E-state index in [4.69, 9.17) is 5.73 Å². The van der Waals surface area contributed by atoms with Crippen molar-refractivity contribution in [2.45, 2.75) is 37.9 Å². The van der Waals surface area contributed by atoms with Crippen LogP contribution >= 0.6 is 0 Å². The van der Waals surface area contributed by atoms with E-state index < -0.39 is 18.0 Å². The van der Waals surface area contributed by atoms with Gasteiger partial charge in [-0.1, -0.05) is 24.3 Å². The van der Waals surface area contributed by atoms with Gasteiger partial charge >= 0.3 is 17.8 Å². The molecule has 0 aliphatic carbocycles. The predicted octanol–water partition coefficient (Wildman–Crippen LogP) is 2.06. The van der Waals surface area contributed by atoms with Gasteiger partial charge in [-0.25, -0.2) is 14.4 Å². The number of likely N-dealkylation sites (tertiary alicyclic amines) is 1. The number of para-hydroxylation sites is 1. The van der Waals surface area contributed by atoms with Gasteiger partial charge in [0.25, 0.3) is 0 Å². The molecule has 0 bridgehead atoms. The van der Waals surface area contributed by atoms with Gasteiger partial charge in [0.15, 0.2) is 0 Å². The highest BCUT2D eigenvalue weighted by molar-refractivity contribution is 5.92. The second-order valence-electron chi connectivity index (χ2n) is 9.99. The van der Waals surface area contributed by atoms with Crippen LogP contribution in [0.5, 0.6) is 0 Å². The molecule has 1 fully saturated rings. The second kappa shape index (κ2) is 9.64. The number of nitrogens with zero attached hydrogens (tertiary/aromatic N) is 3. The molecular weight excluding hydrogens is 474 g/mol. The first-order valence-corrected chi connectivity index (χ1v) is 12.3. The van der Waals surface area contributed by atoms with Crippen LogP contribution in [0.4, 0.5) is 15.3 Å². The Bertz CT molecular complexity index is 1410. The SMILES string of the molecule is CN(C)C(=O)[C@H](Cc1ccc2[nH]c(=O)[nH]c2c1)C1CC(N2Cc3ccccc3NC2=O)CCN1C(N)=O. The molecule has 3 aromatic rings. The number of amides is 5. The molecule has 5 rings (SSSR count). The van der Waals surface area contributed by atoms with Crippen LogP contribution in [-0.4, -0.2) is 75.4 Å². The highest BCUT2D eigenvalue weighted by Gasteiger charge is 2.43. The summed E-state index contributed by atoms with van der Waals surface area (Å²) in [5.74, 6) is -0.721. The van der Waals surface area contributed by atoms with Crippen molar-refractivity contribution >= 4 is 34.7 Å². The van der Waals surface area contributed by atoms with Gasteiger partial charge < -0.3 is 35.7 Å². The summed E-state index contributed by atoms with van der Waals surface area (Å²) < 4.78 is 0. The van der Waals surface area contributed by atoms with Crippen molar-refractivity contribution in [3.05, 3.63) is 64.1 Å². The number of carbonyl (C=O) groups is 3. The van der Waals surface area contributed by atoms with Gasteiger partial charge in [-0.3, -0.25) is 4.79 Å². The lowest BCUT2D eigenvalue weighted by Crippen LogP contribution is -2.59. The average Bonchev–Trinajstić information content (AvgIpc) is 3.25. The van der Waals surface area contributed by atoms with E-state index >= 15 is 0 Å². The molecule has 0 saturated carbocycles. The van der Waals surface area contributed by atoms with E-state index in [1.54, 1.807) is 30.0 Å². The standard InChI is InChI=1S/C26H31N7O4/c1-31(2)23(34)18(11-15-7-8-20-21(12-15)29-25(36)28-20)22-13-17(9-10-32(22)24(27)35)33-14-16-5-3-4-6-19(16)30-26(33)37/h3-8,12,17-18,22H,9-11,13-14H2,1-2H3,(H2,27,35)(H,30,37)(H2,28,29,36)/t17?,18-,22?/m1/s1. The lowest BCUT2D eigenvalue weighted by molar-refractivity contribution is -0.135. The van der Waals surface area contributed by atoms with Crippen molar-refractivity contribution in [1.82, 2.24) is 24.7 Å². The topological polar surface area (TPSA) is 148 Å². The molecule has 0 spiro atoms. The summed E-state index contributed by atoms with van der Waals surface area (Å²) in [5, 5.41) is 2.96. The number of fused-ring (bicyclic) bond motifs is 2. The molecule has 2 aromatic carbocycles. The number of anilines is 1. The smallest absolute Gasteiger partial charge is 0.323 e. The van der Waals surface area contributed by atoms with E-state index in [1.807, 2.05) is 36.4 Å². The molecule has 2 aliphatic heterocycles. The van der Waals surface area contributed by atoms with E-state index in [0.29, 0.717) is 43.4 Å². The quantitative estimate of drug-likeness (QED) is 0.420. The number of piperidine rings is 1. The fourth-order valence-corrected chi connectivity index (χ4v) is 5.61. The van der Waals surface area contributed by atoms with Crippen molar-refractivity contribution in [2.75, 3.05) is 26.0 Å². The largest absolute Gasteiger partial charge is 0.351 e. The Morgan fingerprint density at radius 3 is 2.62 bits per heavy atom. The number of urea groups is 2. The van der Waals surface area contributed by atoms with Crippen LogP contribution < -0.4 is 16.7 Å². The van der Waals surface area contributed by atoms with Crippen LogP contribution in [0.1, 0.15) is 24.0 Å². The highest BCUT2D eigenvalue weighted by Crippen LogP contribution is 2.33. The Morgan fingerprint density at radius 1 is 1.11 bits per heavy atom. The number of imidazole rings is 1. The third-order valence-corrected chi connectivity index (χ3v) is 7.46. The van der Waals surface area contributed by atoms with Crippen molar-refractivity contribution in [3.63, 3.8) is 0 Å². The molecule has 0 radical (unpaired) electrons. The molecule has 1 saturated heterocycles. The Balaban J connectivity index is 1.45. The van der Waals surface area contributed by atoms with Crippen LogP contribution in [0.3, 0.4) is 0 Å². The number of nitrogens with one attached hydrogen (secondary N) is 3. The third-order valence-electron chi connectivity index (χ3n) is 7.46. The number of carbonyl (C=O) groups excluding carboxylic acids is 3. The van der Waals surface area contributed by atoms with Crippen LogP contribution in [0, 0.1) is 5.92 Å². The average molecular weight is 506 g/mol. The molecule has 37 heavy (non-hydrogen) atoms. The van der Waals surface area contributed by atoms with Crippen LogP contribution in [-0.2, 0) is 17.8 Å². The van der Waals surface area contributed by atoms with E-state index in [9.17, 15) is 19.2 Å². The van der Waals surface area contributed by atoms with Gasteiger partial charge in [0.1, 0.15) is 0 Å². The number of hydrogen-bond acceptors (Lipinski definition) is 4. The first-order valence-electron chi connectivity index (χ1n) is 12.3. The zero-order chi connectivity index (χ0) is 26.3. The highest BCUT2D eigenvalue weighted by atomic mass is 16.2. The minimum atomic E-state index is -0.589. The van der Waals surface area contributed by atoms with Crippen molar-refractivity contribution in [3.8, 4) is 0 Å². The fraction of sp³-hybridized carbons (Fsp3) is 0.385. The van der Waals surface area contributed by atoms with E-state index in [-0.39, 0.29) is 23.7 Å². The van der Waals surface area contributed by atoms with Crippen molar-refractivity contribution < 1.29 is 14.4 Å². The Labute approximate surface area is 213 Å². The van der Waals surface area contributed by atoms with Crippen molar-refractivity contribution in [1.29, 1.82) is 0 Å². The number of rotatable bonds is 5. The predicted molar refractivity (Wildman–Crippen MR) is 139 cm³/mol. The van der Waals surface area contributed by atoms with Gasteiger partial charge in [0.2, 0.25) is 5.91 Å². The fourth-order valence-electron chi connectivity index (χ4n) is 5.61. The molecule has 11 heteroatoms. The summed E-state index contributed by atoms with van der Waals surface area (Å²) in [5.41, 5.74) is 9.47. The summed E-state index contributed by atoms with van der Waals surface area (Å²) in [4.78, 5) is 61.0. The van der Waals surface area contributed by atoms with Crippen molar-refractivity contribution in [2.24, 2.45) is 11.7 Å². The molecule has 2 unspecified atom stereocenters. The summed E-state index contributed by atoms with van der Waals surface area (Å²) in [6, 6.07) is 11.7. The Kier molecular flexibility index (Phi) is 6.36. The summed E-state index contributed by atoms with van der Waals surface area (Å²) in [7, 11) is 3.37. The molecule has 11 nitrogen and oxygen atoms in total. The van der Waals surface area contributed by atoms with Gasteiger partial charge in [0.05, 0.1) is 17.0 Å². The molecule has 1 aromatic heterocycles. The van der Waals surface area contributed by atoms with Crippen LogP contribution in [0.2, 0.25) is 0 Å². The number of aromatic nitrogens is 2. The van der Waals surface area contributed by atoms with Crippen LogP contribution in [0.25, 0.3) is 11.0 Å². The minimum Gasteiger partial charge on any atom is -0.351 e. The molecule has 2 aliphatic rings. The van der Waals surface area contributed by atoms with E-state index in [2.05, 4.69) is 15.3 Å². The lowest BCUT2D eigenvalue weighted by Gasteiger charge is -2.46. The monoisotopic (exact) mass is 505 g/mol. The van der Waals surface area contributed by atoms with Gasteiger partial charge in [-0.05, 0) is 48.6 Å². The van der Waals surface area contributed by atoms with E-state index in [0.717, 1.165) is 16.8 Å². The number of H-pyrrole nitrogens is 2. The number of aromatic amines is 2. The number of primary amides is 1. The number of nitrogens with two attached hydrogens (primary N) is 1. The second-order valence-corrected chi connectivity index (χ2v) is 9.99. The first-order chi connectivity index (χ1) is 17.7. The van der Waals surface area contributed by atoms with Gasteiger partial charge in [-0.2, -0.15) is 0 Å². The maximum atomic E-state index is 13.5. The molecule has 5 amide bonds. The summed E-state index contributed by atoms with van der Waals surface area (Å²) in [6.07, 6.45) is 1.33. The van der Waals surface area contributed by atoms with Crippen LogP contribution in [0.15, 0.2) is 47.3 Å². The third kappa shape index (κ3) is 4.76. The first kappa shape index (κ1) is 24.4. The van der Waals surface area contributed by atoms with Gasteiger partial charge in [0, 0.05) is 45.0 Å². The summed E-state index contributed by atoms with van der Waals surface area (Å²) >= 11 is 0. The Hall–Kier alpha value is -4.28. The number of hydrogen-bond donors (Lipinski definition) is 4. The lowest BCUT2D eigenvalue weighted by atomic mass is 9.82. The molecule has 3 heterocycles. The van der Waals surface area contributed by atoms with Gasteiger partial charge in [-0.15, -0.1) is 0 Å². The zero-order valence-electron chi connectivity index (χ0n) is 20.9. The summed E-state index contributed by atoms with van der Waals surface area (Å²) in [6.45, 7) is 0.803. The normalized spacial score (nSPS) is 20.3. The zero-order valence-corrected chi connectivity index (χ0v) is 20.9. The Morgan fingerprint density at radius 2 is 1.86 bits per heavy atom. The molecule has 5 N–H and O–H groups in total. The van der Waals surface area contributed by atoms with E-state index in [1.165, 1.54) is 4.90 Å². The molecular formula is C26H31N7O4. The molecule has 194 valence electrons.